The molecule has 0 spiro atoms. The van der Waals surface area contributed by atoms with Crippen LogP contribution in [0.2, 0.25) is 0 Å². The number of nitrogens with zero attached hydrogens (tertiary/aromatic N) is 4. The fourth-order valence-electron chi connectivity index (χ4n) is 4.52. The number of hydrogen-bond donors (Lipinski definition) is 1. The minimum absolute atomic E-state index is 0.117. The minimum Gasteiger partial charge on any atom is -0.454 e. The second kappa shape index (κ2) is 7.31. The van der Waals surface area contributed by atoms with Crippen LogP contribution < -0.4 is 9.47 Å². The van der Waals surface area contributed by atoms with E-state index in [9.17, 15) is 9.90 Å². The third-order valence-corrected chi connectivity index (χ3v) is 6.05. The van der Waals surface area contributed by atoms with Crippen molar-refractivity contribution in [2.75, 3.05) is 26.4 Å². The van der Waals surface area contributed by atoms with Gasteiger partial charge < -0.3 is 24.0 Å². The molecule has 2 atom stereocenters. The molecule has 1 aromatic heterocycles. The molecular weight excluding hydrogens is 376 g/mol. The Hall–Kier alpha value is -2.65. The molecule has 154 valence electrons. The standard InChI is InChI=1S/C20H24N4O5/c1-12(25)23-6-4-14(5-7-23)24-10-15(26)9-16(24)20-21-19(22-29-20)13-2-3-17-18(8-13)28-11-27-17/h2-3,8,14-16,26H,4-7,9-11H2,1H3. The highest BCUT2D eigenvalue weighted by atomic mass is 16.7. The maximum atomic E-state index is 11.6. The second-order valence-corrected chi connectivity index (χ2v) is 7.86. The minimum atomic E-state index is -0.424. The van der Waals surface area contributed by atoms with E-state index in [2.05, 4.69) is 15.0 Å². The van der Waals surface area contributed by atoms with Crippen molar-refractivity contribution in [2.45, 2.75) is 44.4 Å². The fraction of sp³-hybridized carbons (Fsp3) is 0.550. The van der Waals surface area contributed by atoms with Gasteiger partial charge in [0.1, 0.15) is 0 Å². The Balaban J connectivity index is 1.34. The lowest BCUT2D eigenvalue weighted by Crippen LogP contribution is -2.46. The van der Waals surface area contributed by atoms with Crippen molar-refractivity contribution in [2.24, 2.45) is 0 Å². The van der Waals surface area contributed by atoms with Crippen LogP contribution in [0.25, 0.3) is 11.4 Å². The first-order chi connectivity index (χ1) is 14.1. The maximum Gasteiger partial charge on any atom is 0.244 e. The van der Waals surface area contributed by atoms with Crippen LogP contribution in [0.1, 0.15) is 38.1 Å². The summed E-state index contributed by atoms with van der Waals surface area (Å²) in [7, 11) is 0. The molecule has 2 aromatic rings. The quantitative estimate of drug-likeness (QED) is 0.829. The molecule has 1 amide bonds. The Labute approximate surface area is 168 Å². The number of carbonyl (C=O) groups excluding carboxylic acids is 1. The molecule has 0 saturated carbocycles. The number of ether oxygens (including phenoxy) is 2. The first-order valence-corrected chi connectivity index (χ1v) is 10.0. The number of carbonyl (C=O) groups is 1. The average Bonchev–Trinajstić information content (AvgIpc) is 3.46. The zero-order chi connectivity index (χ0) is 20.0. The number of likely N-dealkylation sites (tertiary alicyclic amines) is 2. The molecule has 3 aliphatic rings. The first-order valence-electron chi connectivity index (χ1n) is 10.0. The van der Waals surface area contributed by atoms with Crippen LogP contribution in [-0.2, 0) is 4.79 Å². The van der Waals surface area contributed by atoms with Gasteiger partial charge in [-0.05, 0) is 37.5 Å². The SMILES string of the molecule is CC(=O)N1CCC(N2CC(O)CC2c2nc(-c3ccc4c(c3)OCO4)no2)CC1. The Bertz CT molecular complexity index is 908. The van der Waals surface area contributed by atoms with E-state index in [4.69, 9.17) is 14.0 Å². The molecule has 1 aromatic carbocycles. The summed E-state index contributed by atoms with van der Waals surface area (Å²) in [6.07, 6.45) is 1.90. The summed E-state index contributed by atoms with van der Waals surface area (Å²) in [5, 5.41) is 14.5. The Morgan fingerprint density at radius 1 is 1.21 bits per heavy atom. The third kappa shape index (κ3) is 3.44. The first kappa shape index (κ1) is 18.4. The highest BCUT2D eigenvalue weighted by Gasteiger charge is 2.40. The molecule has 2 saturated heterocycles. The van der Waals surface area contributed by atoms with Gasteiger partial charge in [-0.15, -0.1) is 0 Å². The van der Waals surface area contributed by atoms with Crippen LogP contribution in [0, 0.1) is 0 Å². The summed E-state index contributed by atoms with van der Waals surface area (Å²) < 4.78 is 16.4. The summed E-state index contributed by atoms with van der Waals surface area (Å²) in [6.45, 7) is 3.89. The van der Waals surface area contributed by atoms with Crippen molar-refractivity contribution >= 4 is 5.91 Å². The average molecular weight is 400 g/mol. The molecule has 2 fully saturated rings. The predicted octanol–water partition coefficient (Wildman–Crippen LogP) is 1.58. The summed E-state index contributed by atoms with van der Waals surface area (Å²) in [5.74, 6) is 2.50. The van der Waals surface area contributed by atoms with Crippen molar-refractivity contribution in [3.05, 3.63) is 24.1 Å². The number of β-amino-alcohol motifs (C(OH)–C–C–N with tert-alkyl or cyclic N) is 1. The summed E-state index contributed by atoms with van der Waals surface area (Å²) in [6, 6.07) is 5.72. The van der Waals surface area contributed by atoms with Gasteiger partial charge in [0, 0.05) is 38.2 Å². The molecule has 4 heterocycles. The van der Waals surface area contributed by atoms with E-state index in [1.165, 1.54) is 0 Å². The number of rotatable bonds is 3. The molecule has 9 nitrogen and oxygen atoms in total. The lowest BCUT2D eigenvalue weighted by atomic mass is 10.0. The van der Waals surface area contributed by atoms with Crippen LogP contribution in [0.3, 0.4) is 0 Å². The van der Waals surface area contributed by atoms with Crippen LogP contribution in [-0.4, -0.2) is 69.5 Å². The maximum absolute atomic E-state index is 11.6. The molecule has 0 bridgehead atoms. The van der Waals surface area contributed by atoms with E-state index in [0.29, 0.717) is 36.2 Å². The van der Waals surface area contributed by atoms with E-state index in [1.54, 1.807) is 6.92 Å². The van der Waals surface area contributed by atoms with Gasteiger partial charge in [0.05, 0.1) is 12.1 Å². The van der Waals surface area contributed by atoms with Crippen molar-refractivity contribution in [3.8, 4) is 22.9 Å². The van der Waals surface area contributed by atoms with Gasteiger partial charge in [-0.25, -0.2) is 0 Å². The number of aromatic nitrogens is 2. The lowest BCUT2D eigenvalue weighted by Gasteiger charge is -2.38. The molecule has 2 unspecified atom stereocenters. The molecule has 9 heteroatoms. The van der Waals surface area contributed by atoms with Crippen LogP contribution in [0.5, 0.6) is 11.5 Å². The van der Waals surface area contributed by atoms with Gasteiger partial charge in [-0.3, -0.25) is 9.69 Å². The van der Waals surface area contributed by atoms with Crippen LogP contribution >= 0.6 is 0 Å². The van der Waals surface area contributed by atoms with Gasteiger partial charge in [0.25, 0.3) is 0 Å². The van der Waals surface area contributed by atoms with Crippen LogP contribution in [0.15, 0.2) is 22.7 Å². The lowest BCUT2D eigenvalue weighted by molar-refractivity contribution is -0.130. The normalized spacial score (nSPS) is 25.0. The van der Waals surface area contributed by atoms with Gasteiger partial charge >= 0.3 is 0 Å². The topological polar surface area (TPSA) is 101 Å². The van der Waals surface area contributed by atoms with Crippen molar-refractivity contribution in [1.29, 1.82) is 0 Å². The number of piperidine rings is 1. The zero-order valence-electron chi connectivity index (χ0n) is 16.3. The molecule has 1 N–H and O–H groups in total. The Morgan fingerprint density at radius 2 is 2.00 bits per heavy atom. The number of fused-ring (bicyclic) bond motifs is 1. The largest absolute Gasteiger partial charge is 0.454 e. The number of benzene rings is 1. The fourth-order valence-corrected chi connectivity index (χ4v) is 4.52. The zero-order valence-corrected chi connectivity index (χ0v) is 16.3. The van der Waals surface area contributed by atoms with E-state index in [-0.39, 0.29) is 24.8 Å². The van der Waals surface area contributed by atoms with Crippen molar-refractivity contribution < 1.29 is 23.9 Å². The second-order valence-electron chi connectivity index (χ2n) is 7.86. The predicted molar refractivity (Wildman–Crippen MR) is 101 cm³/mol. The Morgan fingerprint density at radius 3 is 2.79 bits per heavy atom. The van der Waals surface area contributed by atoms with Gasteiger partial charge in [0.15, 0.2) is 11.5 Å². The number of aliphatic hydroxyl groups excluding tert-OH is 1. The van der Waals surface area contributed by atoms with E-state index < -0.39 is 6.10 Å². The number of amides is 1. The van der Waals surface area contributed by atoms with E-state index in [1.807, 2.05) is 23.1 Å². The molecule has 5 rings (SSSR count). The highest BCUT2D eigenvalue weighted by molar-refractivity contribution is 5.73. The van der Waals surface area contributed by atoms with Crippen LogP contribution in [0.4, 0.5) is 0 Å². The van der Waals surface area contributed by atoms with Crippen molar-refractivity contribution in [1.82, 2.24) is 19.9 Å². The summed E-state index contributed by atoms with van der Waals surface area (Å²) >= 11 is 0. The third-order valence-electron chi connectivity index (χ3n) is 6.05. The summed E-state index contributed by atoms with van der Waals surface area (Å²) in [5.41, 5.74) is 0.795. The molecule has 0 radical (unpaired) electrons. The molecule has 0 aliphatic carbocycles. The van der Waals surface area contributed by atoms with Gasteiger partial charge in [-0.1, -0.05) is 5.16 Å². The smallest absolute Gasteiger partial charge is 0.244 e. The highest BCUT2D eigenvalue weighted by Crippen LogP contribution is 2.38. The number of aliphatic hydroxyl groups is 1. The van der Waals surface area contributed by atoms with E-state index in [0.717, 1.165) is 31.5 Å². The monoisotopic (exact) mass is 400 g/mol. The van der Waals surface area contributed by atoms with Gasteiger partial charge in [0.2, 0.25) is 24.4 Å². The van der Waals surface area contributed by atoms with Gasteiger partial charge in [-0.2, -0.15) is 4.98 Å². The van der Waals surface area contributed by atoms with Crippen molar-refractivity contribution in [3.63, 3.8) is 0 Å². The molecule has 3 aliphatic heterocycles. The van der Waals surface area contributed by atoms with E-state index >= 15 is 0 Å². The molecule has 29 heavy (non-hydrogen) atoms. The molecular formula is C20H24N4O5. The summed E-state index contributed by atoms with van der Waals surface area (Å²) in [4.78, 5) is 20.4. The number of hydrogen-bond acceptors (Lipinski definition) is 8. The Kier molecular flexibility index (Phi) is 4.63.